The molecule has 3 aromatic rings. The van der Waals surface area contributed by atoms with Crippen LogP contribution >= 0.6 is 0 Å². The van der Waals surface area contributed by atoms with Crippen molar-refractivity contribution in [2.24, 2.45) is 5.73 Å². The molecule has 7 N–H and O–H groups in total. The molecule has 7 nitrogen and oxygen atoms in total. The number of carboxylic acids is 1. The Morgan fingerprint density at radius 3 is 2.52 bits per heavy atom. The Kier molecular flexibility index (Phi) is 9.60. The lowest BCUT2D eigenvalue weighted by molar-refractivity contribution is -0.136. The molecule has 33 heavy (non-hydrogen) atoms. The number of para-hydroxylation sites is 1. The smallest absolute Gasteiger partial charge is 0.307 e. The molecule has 0 saturated heterocycles. The molecule has 0 saturated carbocycles. The molecular formula is C26H31N3O4. The predicted molar refractivity (Wildman–Crippen MR) is 132 cm³/mol. The zero-order chi connectivity index (χ0) is 24.4. The van der Waals surface area contributed by atoms with E-state index in [4.69, 9.17) is 26.7 Å². The van der Waals surface area contributed by atoms with Gasteiger partial charge in [0.05, 0.1) is 19.1 Å². The summed E-state index contributed by atoms with van der Waals surface area (Å²) >= 11 is 0. The van der Waals surface area contributed by atoms with Crippen LogP contribution in [-0.4, -0.2) is 29.0 Å². The second-order valence-corrected chi connectivity index (χ2v) is 7.17. The quantitative estimate of drug-likeness (QED) is 0.245. The maximum atomic E-state index is 11.1. The zero-order valence-corrected chi connectivity index (χ0v) is 18.9. The van der Waals surface area contributed by atoms with Crippen molar-refractivity contribution in [2.45, 2.75) is 32.9 Å². The van der Waals surface area contributed by atoms with Crippen LogP contribution in [-0.2, 0) is 17.8 Å². The van der Waals surface area contributed by atoms with Gasteiger partial charge in [-0.3, -0.25) is 4.79 Å². The summed E-state index contributed by atoms with van der Waals surface area (Å²) in [7, 11) is 0. The van der Waals surface area contributed by atoms with Gasteiger partial charge in [0, 0.05) is 23.0 Å². The molecule has 3 rings (SSSR count). The molecule has 1 unspecified atom stereocenters. The summed E-state index contributed by atoms with van der Waals surface area (Å²) in [5, 5.41) is 26.2. The molecule has 0 radical (unpaired) electrons. The normalized spacial score (nSPS) is 11.2. The van der Waals surface area contributed by atoms with Crippen LogP contribution in [0.2, 0.25) is 0 Å². The Labute approximate surface area is 194 Å². The van der Waals surface area contributed by atoms with Gasteiger partial charge in [0.1, 0.15) is 12.4 Å². The molecule has 0 aromatic heterocycles. The number of aliphatic hydroxyl groups is 1. The van der Waals surface area contributed by atoms with Crippen LogP contribution in [0, 0.1) is 5.41 Å². The average molecular weight is 450 g/mol. The lowest BCUT2D eigenvalue weighted by Gasteiger charge is -2.16. The van der Waals surface area contributed by atoms with Gasteiger partial charge in [-0.05, 0) is 46.5 Å². The van der Waals surface area contributed by atoms with E-state index in [1.165, 1.54) is 6.21 Å². The van der Waals surface area contributed by atoms with E-state index in [0.717, 1.165) is 22.3 Å². The standard InChI is InChI=1S/C24H25N3O4.C2H6/c25-12-20-19(16-5-3-6-17(10-16)22(27)13-28)8-15(9-21(20)26)14-31-23-7-2-1-4-18(23)11-24(29)30;1-2/h1-10,12,22,25,28H,11,13-14,26-27H2,(H,29,30);1-2H3. The van der Waals surface area contributed by atoms with Gasteiger partial charge in [-0.25, -0.2) is 0 Å². The van der Waals surface area contributed by atoms with Gasteiger partial charge >= 0.3 is 5.97 Å². The van der Waals surface area contributed by atoms with Crippen LogP contribution in [0.3, 0.4) is 0 Å². The average Bonchev–Trinajstić information content (AvgIpc) is 2.83. The number of anilines is 1. The Morgan fingerprint density at radius 1 is 1.12 bits per heavy atom. The fourth-order valence-electron chi connectivity index (χ4n) is 3.38. The molecule has 0 heterocycles. The Balaban J connectivity index is 0.00000187. The van der Waals surface area contributed by atoms with Gasteiger partial charge in [-0.1, -0.05) is 50.2 Å². The number of carbonyl (C=O) groups is 1. The number of hydrogen-bond acceptors (Lipinski definition) is 6. The van der Waals surface area contributed by atoms with Gasteiger partial charge < -0.3 is 31.8 Å². The topological polar surface area (TPSA) is 143 Å². The number of nitrogens with one attached hydrogen (secondary N) is 1. The summed E-state index contributed by atoms with van der Waals surface area (Å²) in [4.78, 5) is 11.1. The van der Waals surface area contributed by atoms with Crippen LogP contribution < -0.4 is 16.2 Å². The first kappa shape index (κ1) is 25.6. The number of carboxylic acid groups (broad SMARTS) is 1. The van der Waals surface area contributed by atoms with E-state index in [9.17, 15) is 9.90 Å². The van der Waals surface area contributed by atoms with E-state index in [2.05, 4.69) is 0 Å². The van der Waals surface area contributed by atoms with Crippen LogP contribution in [0.5, 0.6) is 5.75 Å². The summed E-state index contributed by atoms with van der Waals surface area (Å²) in [5.74, 6) is -0.434. The number of aliphatic carboxylic acids is 1. The maximum Gasteiger partial charge on any atom is 0.307 e. The molecule has 0 spiro atoms. The van der Waals surface area contributed by atoms with Crippen molar-refractivity contribution in [3.8, 4) is 16.9 Å². The predicted octanol–water partition coefficient (Wildman–Crippen LogP) is 4.16. The van der Waals surface area contributed by atoms with E-state index >= 15 is 0 Å². The third-order valence-corrected chi connectivity index (χ3v) is 4.95. The molecule has 1 atom stereocenters. The molecule has 0 aliphatic heterocycles. The van der Waals surface area contributed by atoms with Crippen LogP contribution in [0.1, 0.15) is 42.1 Å². The SMILES string of the molecule is CC.N=Cc1c(N)cc(COc2ccccc2CC(=O)O)cc1-c1cccc(C(N)CO)c1. The van der Waals surface area contributed by atoms with E-state index in [1.54, 1.807) is 30.3 Å². The monoisotopic (exact) mass is 449 g/mol. The number of hydrogen-bond donors (Lipinski definition) is 5. The van der Waals surface area contributed by atoms with Gasteiger partial charge in [0.15, 0.2) is 0 Å². The molecule has 0 aliphatic rings. The van der Waals surface area contributed by atoms with Crippen molar-refractivity contribution < 1.29 is 19.7 Å². The largest absolute Gasteiger partial charge is 0.489 e. The number of ether oxygens (including phenoxy) is 1. The van der Waals surface area contributed by atoms with Gasteiger partial charge in [-0.2, -0.15) is 0 Å². The molecule has 7 heteroatoms. The van der Waals surface area contributed by atoms with Crippen molar-refractivity contribution >= 4 is 17.9 Å². The maximum absolute atomic E-state index is 11.1. The highest BCUT2D eigenvalue weighted by Gasteiger charge is 2.13. The molecule has 0 bridgehead atoms. The highest BCUT2D eigenvalue weighted by atomic mass is 16.5. The fraction of sp³-hybridized carbons (Fsp3) is 0.231. The van der Waals surface area contributed by atoms with E-state index in [-0.39, 0.29) is 19.6 Å². The van der Waals surface area contributed by atoms with Crippen LogP contribution in [0.4, 0.5) is 5.69 Å². The Morgan fingerprint density at radius 2 is 1.85 bits per heavy atom. The minimum Gasteiger partial charge on any atom is -0.489 e. The van der Waals surface area contributed by atoms with E-state index in [1.807, 2.05) is 44.2 Å². The number of nitrogens with two attached hydrogens (primary N) is 2. The summed E-state index contributed by atoms with van der Waals surface area (Å²) in [6, 6.07) is 17.6. The number of aliphatic hydroxyl groups excluding tert-OH is 1. The summed E-state index contributed by atoms with van der Waals surface area (Å²) in [6.45, 7) is 4.01. The highest BCUT2D eigenvalue weighted by Crippen LogP contribution is 2.31. The molecule has 0 fully saturated rings. The summed E-state index contributed by atoms with van der Waals surface area (Å²) in [5.41, 5.74) is 16.9. The van der Waals surface area contributed by atoms with Crippen LogP contribution in [0.25, 0.3) is 11.1 Å². The second kappa shape index (κ2) is 12.4. The lowest BCUT2D eigenvalue weighted by Crippen LogP contribution is -2.14. The van der Waals surface area contributed by atoms with Crippen molar-refractivity contribution in [3.05, 3.63) is 82.9 Å². The minimum atomic E-state index is -0.932. The van der Waals surface area contributed by atoms with Crippen molar-refractivity contribution in [2.75, 3.05) is 12.3 Å². The van der Waals surface area contributed by atoms with Crippen LogP contribution in [0.15, 0.2) is 60.7 Å². The number of benzene rings is 3. The van der Waals surface area contributed by atoms with Gasteiger partial charge in [0.2, 0.25) is 0 Å². The fourth-order valence-corrected chi connectivity index (χ4v) is 3.38. The third kappa shape index (κ3) is 6.65. The third-order valence-electron chi connectivity index (χ3n) is 4.95. The molecular weight excluding hydrogens is 418 g/mol. The van der Waals surface area contributed by atoms with Crippen molar-refractivity contribution in [1.82, 2.24) is 0 Å². The number of rotatable bonds is 9. The Hall–Kier alpha value is -3.68. The van der Waals surface area contributed by atoms with Gasteiger partial charge in [0.25, 0.3) is 0 Å². The summed E-state index contributed by atoms with van der Waals surface area (Å²) < 4.78 is 5.89. The molecule has 174 valence electrons. The first-order chi connectivity index (χ1) is 15.9. The molecule has 0 amide bonds. The lowest BCUT2D eigenvalue weighted by atomic mass is 9.94. The van der Waals surface area contributed by atoms with Crippen molar-refractivity contribution in [1.29, 1.82) is 5.41 Å². The first-order valence-electron chi connectivity index (χ1n) is 10.7. The summed E-state index contributed by atoms with van der Waals surface area (Å²) in [6.07, 6.45) is 1.07. The first-order valence-corrected chi connectivity index (χ1v) is 10.7. The van der Waals surface area contributed by atoms with E-state index in [0.29, 0.717) is 22.6 Å². The van der Waals surface area contributed by atoms with Gasteiger partial charge in [-0.15, -0.1) is 0 Å². The minimum absolute atomic E-state index is 0.131. The number of nitrogen functional groups attached to an aromatic ring is 1. The second-order valence-electron chi connectivity index (χ2n) is 7.17. The van der Waals surface area contributed by atoms with E-state index < -0.39 is 12.0 Å². The highest BCUT2D eigenvalue weighted by molar-refractivity contribution is 5.95. The Bertz CT molecular complexity index is 1100. The zero-order valence-electron chi connectivity index (χ0n) is 18.9. The molecule has 3 aromatic carbocycles. The molecule has 0 aliphatic carbocycles. The van der Waals surface area contributed by atoms with Crippen molar-refractivity contribution in [3.63, 3.8) is 0 Å².